The number of hydrogen-bond acceptors (Lipinski definition) is 7. The zero-order valence-electron chi connectivity index (χ0n) is 21.9. The third kappa shape index (κ3) is 3.51. The number of aliphatic hydroxyl groups excluding tert-OH is 1. The first-order chi connectivity index (χ1) is 17.8. The Balaban J connectivity index is 1.39. The molecule has 0 aliphatic heterocycles. The van der Waals surface area contributed by atoms with Crippen molar-refractivity contribution in [1.29, 1.82) is 0 Å². The molecule has 2 N–H and O–H groups in total. The first kappa shape index (κ1) is 26.8. The molecule has 4 aliphatic carbocycles. The largest absolute Gasteiger partial charge is 0.390 e. The van der Waals surface area contributed by atoms with E-state index in [-0.39, 0.29) is 42.8 Å². The lowest BCUT2D eigenvalue weighted by Crippen LogP contribution is -2.70. The number of allylic oxidation sites excluding steroid dienone is 4. The van der Waals surface area contributed by atoms with Crippen LogP contribution in [0.5, 0.6) is 0 Å². The number of ketones is 2. The summed E-state index contributed by atoms with van der Waals surface area (Å²) in [5, 5.41) is 34.5. The van der Waals surface area contributed by atoms with Gasteiger partial charge in [0.05, 0.1) is 23.2 Å². The van der Waals surface area contributed by atoms with E-state index in [2.05, 4.69) is 0 Å². The van der Waals surface area contributed by atoms with Crippen LogP contribution in [-0.2, 0) is 20.9 Å². The molecule has 1 aromatic rings. The number of halogens is 1. The molecule has 0 aromatic heterocycles. The molecule has 0 radical (unpaired) electrons. The molecular weight excluding hydrogens is 493 g/mol. The third-order valence-electron chi connectivity index (χ3n) is 10.3. The number of para-hydroxylation sites is 1. The summed E-state index contributed by atoms with van der Waals surface area (Å²) in [6.07, 6.45) is 3.79. The van der Waals surface area contributed by atoms with Crippen LogP contribution in [0.25, 0.3) is 0 Å². The van der Waals surface area contributed by atoms with Gasteiger partial charge in [-0.25, -0.2) is 4.39 Å². The number of ether oxygens (including phenoxy) is 1. The first-order valence-corrected chi connectivity index (χ1v) is 13.2. The molecular formula is C29H34FNO7. The number of rotatable bonds is 6. The van der Waals surface area contributed by atoms with Crippen molar-refractivity contribution in [2.24, 2.45) is 28.6 Å². The molecule has 5 rings (SSSR count). The molecule has 3 fully saturated rings. The van der Waals surface area contributed by atoms with Crippen LogP contribution in [0.2, 0.25) is 0 Å². The number of carbonyl (C=O) groups excluding carboxylic acids is 2. The molecule has 0 spiro atoms. The summed E-state index contributed by atoms with van der Waals surface area (Å²) < 4.78 is 22.8. The van der Waals surface area contributed by atoms with E-state index in [0.717, 1.165) is 0 Å². The highest BCUT2D eigenvalue weighted by Crippen LogP contribution is 2.70. The van der Waals surface area contributed by atoms with E-state index in [1.54, 1.807) is 38.1 Å². The summed E-state index contributed by atoms with van der Waals surface area (Å²) in [5.41, 5.74) is -5.26. The Morgan fingerprint density at radius 1 is 1.26 bits per heavy atom. The van der Waals surface area contributed by atoms with Gasteiger partial charge in [-0.2, -0.15) is 0 Å². The predicted molar refractivity (Wildman–Crippen MR) is 136 cm³/mol. The minimum Gasteiger partial charge on any atom is -0.390 e. The van der Waals surface area contributed by atoms with Gasteiger partial charge in [0.15, 0.2) is 17.2 Å². The maximum Gasteiger partial charge on any atom is 0.274 e. The Kier molecular flexibility index (Phi) is 6.28. The fourth-order valence-corrected chi connectivity index (χ4v) is 8.25. The molecule has 8 nitrogen and oxygen atoms in total. The Labute approximate surface area is 220 Å². The standard InChI is InChI=1S/C29H34FNO7/c1-17-12-22-20-9-11-28(35,25(34)16-38-15-18-6-4-5-7-23(18)31(36)37)27(20,3)14-24(33)29(22,30)26(2)10-8-19(32)13-21(17)26/h4-8,10,13,17,20,22,24,33,35H,9,11-12,14-16H2,1-3H3/t17-,20-,22-,24-,26-,27-,28-,29-/m0/s1. The number of benzene rings is 1. The van der Waals surface area contributed by atoms with E-state index >= 15 is 4.39 Å². The van der Waals surface area contributed by atoms with E-state index in [1.807, 2.05) is 6.92 Å². The molecule has 0 heterocycles. The van der Waals surface area contributed by atoms with Gasteiger partial charge in [0.2, 0.25) is 0 Å². The van der Waals surface area contributed by atoms with Crippen molar-refractivity contribution in [1.82, 2.24) is 0 Å². The van der Waals surface area contributed by atoms with Gasteiger partial charge in [0.1, 0.15) is 12.2 Å². The molecule has 8 atom stereocenters. The summed E-state index contributed by atoms with van der Waals surface area (Å²) >= 11 is 0. The lowest BCUT2D eigenvalue weighted by molar-refractivity contribution is -0.385. The first-order valence-electron chi connectivity index (χ1n) is 13.2. The van der Waals surface area contributed by atoms with E-state index in [1.165, 1.54) is 18.2 Å². The summed E-state index contributed by atoms with van der Waals surface area (Å²) in [6.45, 7) is 4.81. The molecule has 1 aromatic carbocycles. The maximum absolute atomic E-state index is 17.3. The van der Waals surface area contributed by atoms with Gasteiger partial charge in [-0.15, -0.1) is 0 Å². The smallest absolute Gasteiger partial charge is 0.274 e. The van der Waals surface area contributed by atoms with Crippen LogP contribution < -0.4 is 0 Å². The van der Waals surface area contributed by atoms with Gasteiger partial charge < -0.3 is 14.9 Å². The maximum atomic E-state index is 17.3. The molecule has 0 amide bonds. The zero-order chi connectivity index (χ0) is 27.7. The highest BCUT2D eigenvalue weighted by molar-refractivity contribution is 6.01. The van der Waals surface area contributed by atoms with Gasteiger partial charge in [0, 0.05) is 22.8 Å². The molecule has 9 heteroatoms. The van der Waals surface area contributed by atoms with Crippen molar-refractivity contribution in [3.8, 4) is 0 Å². The van der Waals surface area contributed by atoms with Crippen LogP contribution in [0, 0.1) is 38.7 Å². The summed E-state index contributed by atoms with van der Waals surface area (Å²) in [7, 11) is 0. The van der Waals surface area contributed by atoms with Gasteiger partial charge in [0.25, 0.3) is 5.69 Å². The summed E-state index contributed by atoms with van der Waals surface area (Å²) in [5.74, 6) is -1.86. The highest BCUT2D eigenvalue weighted by atomic mass is 19.1. The summed E-state index contributed by atoms with van der Waals surface area (Å²) in [4.78, 5) is 36.3. The number of nitro benzene ring substituents is 1. The Hall–Kier alpha value is -2.75. The lowest BCUT2D eigenvalue weighted by atomic mass is 9.43. The molecule has 0 unspecified atom stereocenters. The topological polar surface area (TPSA) is 127 Å². The van der Waals surface area contributed by atoms with E-state index in [0.29, 0.717) is 24.0 Å². The monoisotopic (exact) mass is 527 g/mol. The van der Waals surface area contributed by atoms with Crippen molar-refractivity contribution in [2.75, 3.05) is 6.61 Å². The lowest BCUT2D eigenvalue weighted by Gasteiger charge is -2.63. The molecule has 0 saturated heterocycles. The highest BCUT2D eigenvalue weighted by Gasteiger charge is 2.74. The zero-order valence-corrected chi connectivity index (χ0v) is 21.9. The minimum atomic E-state index is -2.05. The van der Waals surface area contributed by atoms with E-state index in [9.17, 15) is 29.9 Å². The SMILES string of the molecule is C[C@H]1C[C@H]2[C@@H]3CC[C@](O)(C(=O)COCc4ccccc4[N+](=O)[O-])[C@@]3(C)C[C@H](O)[C@]2(F)[C@@]2(C)C=CC(=O)C=C12. The number of alkyl halides is 1. The van der Waals surface area contributed by atoms with Crippen molar-refractivity contribution in [3.63, 3.8) is 0 Å². The fourth-order valence-electron chi connectivity index (χ4n) is 8.25. The Morgan fingerprint density at radius 3 is 2.68 bits per heavy atom. The van der Waals surface area contributed by atoms with Crippen molar-refractivity contribution in [3.05, 3.63) is 63.7 Å². The summed E-state index contributed by atoms with van der Waals surface area (Å²) in [6, 6.07) is 6.08. The molecule has 38 heavy (non-hydrogen) atoms. The van der Waals surface area contributed by atoms with Gasteiger partial charge in [-0.3, -0.25) is 19.7 Å². The van der Waals surface area contributed by atoms with Crippen molar-refractivity contribution < 1.29 is 33.9 Å². The van der Waals surface area contributed by atoms with E-state index < -0.39 is 51.4 Å². The second-order valence-electron chi connectivity index (χ2n) is 12.0. The number of aliphatic hydroxyl groups is 2. The Bertz CT molecular complexity index is 1260. The average Bonchev–Trinajstić information content (AvgIpc) is 3.13. The van der Waals surface area contributed by atoms with Crippen LogP contribution in [0.1, 0.15) is 52.0 Å². The van der Waals surface area contributed by atoms with Gasteiger partial charge >= 0.3 is 0 Å². The third-order valence-corrected chi connectivity index (χ3v) is 10.3. The van der Waals surface area contributed by atoms with Crippen LogP contribution in [0.4, 0.5) is 10.1 Å². The minimum absolute atomic E-state index is 0.105. The van der Waals surface area contributed by atoms with Crippen molar-refractivity contribution in [2.45, 2.75) is 70.4 Å². The second-order valence-corrected chi connectivity index (χ2v) is 12.0. The average molecular weight is 528 g/mol. The molecule has 3 saturated carbocycles. The van der Waals surface area contributed by atoms with Crippen LogP contribution >= 0.6 is 0 Å². The molecule has 4 aliphatic rings. The molecule has 204 valence electrons. The quantitative estimate of drug-likeness (QED) is 0.422. The molecule has 0 bridgehead atoms. The number of nitrogens with zero attached hydrogens (tertiary/aromatic N) is 1. The van der Waals surface area contributed by atoms with Gasteiger partial charge in [-0.1, -0.05) is 37.6 Å². The van der Waals surface area contributed by atoms with Crippen molar-refractivity contribution >= 4 is 17.3 Å². The van der Waals surface area contributed by atoms with Crippen LogP contribution in [-0.4, -0.2) is 50.7 Å². The number of nitro groups is 1. The number of Topliss-reactive ketones (excluding diaryl/α,β-unsaturated/α-hetero) is 1. The number of fused-ring (bicyclic) bond motifs is 5. The van der Waals surface area contributed by atoms with Crippen LogP contribution in [0.15, 0.2) is 48.1 Å². The normalized spacial score (nSPS) is 41.6. The van der Waals surface area contributed by atoms with Crippen LogP contribution in [0.3, 0.4) is 0 Å². The van der Waals surface area contributed by atoms with Gasteiger partial charge in [-0.05, 0) is 62.7 Å². The predicted octanol–water partition coefficient (Wildman–Crippen LogP) is 4.03. The second kappa shape index (κ2) is 8.89. The number of hydrogen-bond donors (Lipinski definition) is 2. The fraction of sp³-hybridized carbons (Fsp3) is 0.586. The Morgan fingerprint density at radius 2 is 1.97 bits per heavy atom. The van der Waals surface area contributed by atoms with E-state index in [4.69, 9.17) is 4.74 Å². The number of carbonyl (C=O) groups is 2.